The van der Waals surface area contributed by atoms with Gasteiger partial charge in [-0.1, -0.05) is 6.42 Å². The molecular formula is C14H23N3O. The van der Waals surface area contributed by atoms with Gasteiger partial charge in [-0.15, -0.1) is 0 Å². The van der Waals surface area contributed by atoms with Crippen LogP contribution in [0.3, 0.4) is 0 Å². The molecule has 1 N–H and O–H groups in total. The second-order valence-electron chi connectivity index (χ2n) is 5.53. The number of imidazole rings is 1. The number of hydrogen-bond acceptors (Lipinski definition) is 3. The lowest BCUT2D eigenvalue weighted by Crippen LogP contribution is -2.28. The Morgan fingerprint density at radius 1 is 1.39 bits per heavy atom. The fraction of sp³-hybridized carbons (Fsp3) is 0.786. The Labute approximate surface area is 109 Å². The molecule has 0 aliphatic carbocycles. The third-order valence-electron chi connectivity index (χ3n) is 4.21. The van der Waals surface area contributed by atoms with Crippen molar-refractivity contribution in [3.8, 4) is 0 Å². The van der Waals surface area contributed by atoms with Gasteiger partial charge in [0.2, 0.25) is 0 Å². The van der Waals surface area contributed by atoms with Crippen LogP contribution >= 0.6 is 0 Å². The number of rotatable bonds is 4. The lowest BCUT2D eigenvalue weighted by atomic mass is 10.0. The van der Waals surface area contributed by atoms with Gasteiger partial charge in [0.05, 0.1) is 12.0 Å². The van der Waals surface area contributed by atoms with Gasteiger partial charge in [-0.3, -0.25) is 0 Å². The fourth-order valence-corrected chi connectivity index (χ4v) is 3.04. The van der Waals surface area contributed by atoms with Crippen LogP contribution in [0.2, 0.25) is 0 Å². The summed E-state index contributed by atoms with van der Waals surface area (Å²) in [6, 6.07) is 0.515. The van der Waals surface area contributed by atoms with Crippen molar-refractivity contribution in [2.24, 2.45) is 5.92 Å². The van der Waals surface area contributed by atoms with Crippen molar-refractivity contribution in [2.45, 2.75) is 44.7 Å². The molecule has 2 saturated heterocycles. The first kappa shape index (κ1) is 12.2. The number of ether oxygens (including phenoxy) is 1. The van der Waals surface area contributed by atoms with Crippen LogP contribution in [0.1, 0.15) is 43.8 Å². The van der Waals surface area contributed by atoms with E-state index < -0.39 is 0 Å². The number of aryl methyl sites for hydroxylation is 1. The van der Waals surface area contributed by atoms with Crippen LogP contribution in [-0.4, -0.2) is 29.3 Å². The molecule has 4 nitrogen and oxygen atoms in total. The minimum atomic E-state index is 0.515. The Hall–Kier alpha value is -0.870. The summed E-state index contributed by atoms with van der Waals surface area (Å²) < 4.78 is 7.77. The van der Waals surface area contributed by atoms with Gasteiger partial charge in [-0.2, -0.15) is 0 Å². The lowest BCUT2D eigenvalue weighted by molar-refractivity contribution is 0.183. The Kier molecular flexibility index (Phi) is 3.96. The van der Waals surface area contributed by atoms with Crippen LogP contribution in [0.15, 0.2) is 12.5 Å². The predicted octanol–water partition coefficient (Wildman–Crippen LogP) is 2.12. The van der Waals surface area contributed by atoms with Crippen molar-refractivity contribution in [2.75, 3.05) is 19.8 Å². The van der Waals surface area contributed by atoms with E-state index in [1.54, 1.807) is 0 Å². The zero-order valence-electron chi connectivity index (χ0n) is 11.0. The molecular weight excluding hydrogens is 226 g/mol. The number of hydrogen-bond donors (Lipinski definition) is 1. The normalized spacial score (nSPS) is 28.7. The molecule has 0 radical (unpaired) electrons. The number of piperidine rings is 1. The van der Waals surface area contributed by atoms with E-state index in [1.807, 2.05) is 12.5 Å². The monoisotopic (exact) mass is 249 g/mol. The highest BCUT2D eigenvalue weighted by Crippen LogP contribution is 2.24. The van der Waals surface area contributed by atoms with Crippen molar-refractivity contribution >= 4 is 0 Å². The third kappa shape index (κ3) is 2.75. The number of aromatic nitrogens is 2. The Morgan fingerprint density at radius 3 is 3.17 bits per heavy atom. The van der Waals surface area contributed by atoms with Gasteiger partial charge >= 0.3 is 0 Å². The molecule has 2 aliphatic heterocycles. The van der Waals surface area contributed by atoms with E-state index in [4.69, 9.17) is 4.74 Å². The van der Waals surface area contributed by atoms with Crippen LogP contribution in [-0.2, 0) is 11.3 Å². The van der Waals surface area contributed by atoms with Crippen molar-refractivity contribution in [1.29, 1.82) is 0 Å². The highest BCUT2D eigenvalue weighted by Gasteiger charge is 2.20. The highest BCUT2D eigenvalue weighted by atomic mass is 16.5. The van der Waals surface area contributed by atoms with Crippen molar-refractivity contribution in [3.05, 3.63) is 18.2 Å². The average Bonchev–Trinajstić information content (AvgIpc) is 3.09. The maximum atomic E-state index is 5.44. The van der Waals surface area contributed by atoms with Gasteiger partial charge in [0.1, 0.15) is 0 Å². The van der Waals surface area contributed by atoms with Crippen molar-refractivity contribution in [1.82, 2.24) is 14.9 Å². The molecule has 3 rings (SSSR count). The minimum Gasteiger partial charge on any atom is -0.381 e. The van der Waals surface area contributed by atoms with Crippen LogP contribution in [0, 0.1) is 5.92 Å². The molecule has 100 valence electrons. The molecule has 1 aromatic heterocycles. The molecule has 4 heteroatoms. The van der Waals surface area contributed by atoms with Gasteiger partial charge in [0.15, 0.2) is 0 Å². The van der Waals surface area contributed by atoms with E-state index in [-0.39, 0.29) is 0 Å². The quantitative estimate of drug-likeness (QED) is 0.888. The maximum Gasteiger partial charge on any atom is 0.0948 e. The summed E-state index contributed by atoms with van der Waals surface area (Å²) in [5, 5.41) is 3.60. The zero-order chi connectivity index (χ0) is 12.2. The molecule has 2 atom stereocenters. The van der Waals surface area contributed by atoms with Crippen LogP contribution in [0.4, 0.5) is 0 Å². The van der Waals surface area contributed by atoms with Crippen LogP contribution < -0.4 is 5.32 Å². The standard InChI is InChI=1S/C14H23N3O/c1-2-6-16-13(3-1)14-9-15-11-17(14)7-4-12-5-8-18-10-12/h9,11-13,16H,1-8,10H2. The summed E-state index contributed by atoms with van der Waals surface area (Å²) in [5.74, 6) is 0.750. The predicted molar refractivity (Wildman–Crippen MR) is 70.4 cm³/mol. The highest BCUT2D eigenvalue weighted by molar-refractivity contribution is 5.06. The first-order valence-electron chi connectivity index (χ1n) is 7.24. The van der Waals surface area contributed by atoms with E-state index in [0.717, 1.165) is 32.2 Å². The van der Waals surface area contributed by atoms with Crippen molar-refractivity contribution in [3.63, 3.8) is 0 Å². The van der Waals surface area contributed by atoms with Gasteiger partial charge in [-0.05, 0) is 38.1 Å². The molecule has 2 fully saturated rings. The van der Waals surface area contributed by atoms with Gasteiger partial charge in [-0.25, -0.2) is 4.98 Å². The Morgan fingerprint density at radius 2 is 2.39 bits per heavy atom. The smallest absolute Gasteiger partial charge is 0.0948 e. The first-order valence-corrected chi connectivity index (χ1v) is 7.24. The fourth-order valence-electron chi connectivity index (χ4n) is 3.04. The largest absolute Gasteiger partial charge is 0.381 e. The molecule has 2 aliphatic rings. The maximum absolute atomic E-state index is 5.44. The molecule has 0 aromatic carbocycles. The van der Waals surface area contributed by atoms with Gasteiger partial charge < -0.3 is 14.6 Å². The molecule has 0 spiro atoms. The Balaban J connectivity index is 1.59. The van der Waals surface area contributed by atoms with E-state index >= 15 is 0 Å². The first-order chi connectivity index (χ1) is 8.93. The van der Waals surface area contributed by atoms with E-state index in [1.165, 1.54) is 37.8 Å². The van der Waals surface area contributed by atoms with E-state index in [9.17, 15) is 0 Å². The Bertz CT molecular complexity index is 365. The van der Waals surface area contributed by atoms with Crippen LogP contribution in [0.5, 0.6) is 0 Å². The average molecular weight is 249 g/mol. The molecule has 0 amide bonds. The summed E-state index contributed by atoms with van der Waals surface area (Å²) >= 11 is 0. The van der Waals surface area contributed by atoms with E-state index in [2.05, 4.69) is 14.9 Å². The topological polar surface area (TPSA) is 39.1 Å². The summed E-state index contributed by atoms with van der Waals surface area (Å²) in [7, 11) is 0. The lowest BCUT2D eigenvalue weighted by Gasteiger charge is -2.24. The molecule has 2 unspecified atom stereocenters. The SMILES string of the molecule is c1ncn(CCC2CCOC2)c1C1CCCCN1. The summed E-state index contributed by atoms with van der Waals surface area (Å²) in [5.41, 5.74) is 1.37. The molecule has 18 heavy (non-hydrogen) atoms. The molecule has 1 aromatic rings. The minimum absolute atomic E-state index is 0.515. The molecule has 0 saturated carbocycles. The van der Waals surface area contributed by atoms with E-state index in [0.29, 0.717) is 6.04 Å². The van der Waals surface area contributed by atoms with Crippen molar-refractivity contribution < 1.29 is 4.74 Å². The number of nitrogens with zero attached hydrogens (tertiary/aromatic N) is 2. The molecule has 0 bridgehead atoms. The summed E-state index contributed by atoms with van der Waals surface area (Å²) in [6.07, 6.45) is 10.4. The third-order valence-corrected chi connectivity index (χ3v) is 4.21. The van der Waals surface area contributed by atoms with Crippen LogP contribution in [0.25, 0.3) is 0 Å². The molecule has 3 heterocycles. The summed E-state index contributed by atoms with van der Waals surface area (Å²) in [4.78, 5) is 4.33. The number of nitrogens with one attached hydrogen (secondary N) is 1. The second kappa shape index (κ2) is 5.85. The second-order valence-corrected chi connectivity index (χ2v) is 5.53. The summed E-state index contributed by atoms with van der Waals surface area (Å²) in [6.45, 7) is 4.13. The zero-order valence-corrected chi connectivity index (χ0v) is 11.0. The van der Waals surface area contributed by atoms with Gasteiger partial charge in [0.25, 0.3) is 0 Å². The van der Waals surface area contributed by atoms with Gasteiger partial charge in [0, 0.05) is 32.0 Å².